The molecule has 0 aliphatic heterocycles. The van der Waals surface area contributed by atoms with Crippen molar-refractivity contribution in [1.29, 1.82) is 0 Å². The minimum atomic E-state index is 0.550. The molecule has 3 N–H and O–H groups in total. The number of nitrogens with one attached hydrogen (secondary N) is 1. The molecule has 0 unspecified atom stereocenters. The molecule has 3 nitrogen and oxygen atoms in total. The highest BCUT2D eigenvalue weighted by Crippen LogP contribution is 2.21. The fourth-order valence-electron chi connectivity index (χ4n) is 1.33. The van der Waals surface area contributed by atoms with Gasteiger partial charge in [-0.3, -0.25) is 0 Å². The molecule has 0 saturated heterocycles. The summed E-state index contributed by atoms with van der Waals surface area (Å²) in [6, 6.07) is 2.04. The Labute approximate surface area is 90.2 Å². The van der Waals surface area contributed by atoms with E-state index in [9.17, 15) is 0 Å². The molecule has 14 heavy (non-hydrogen) atoms. The molecule has 72 valence electrons. The van der Waals surface area contributed by atoms with E-state index in [4.69, 9.17) is 5.73 Å². The fraction of sp³-hybridized carbons (Fsp3) is 0.100. The standard InChI is InChI=1S/C10H10BrN3/c11-8-4-9-7(2-1-3-12)5-13-10(9)14-6-8/h1-2,4-6H,3,12H2,(H,13,14). The molecule has 0 aliphatic rings. The maximum absolute atomic E-state index is 5.40. The first-order valence-electron chi connectivity index (χ1n) is 4.30. The molecule has 0 aliphatic carbocycles. The summed E-state index contributed by atoms with van der Waals surface area (Å²) < 4.78 is 0.979. The Hall–Kier alpha value is -1.13. The number of hydrogen-bond acceptors (Lipinski definition) is 2. The van der Waals surface area contributed by atoms with Crippen molar-refractivity contribution < 1.29 is 0 Å². The molecule has 0 fully saturated rings. The van der Waals surface area contributed by atoms with Gasteiger partial charge in [-0.25, -0.2) is 4.98 Å². The lowest BCUT2D eigenvalue weighted by molar-refractivity contribution is 1.26. The van der Waals surface area contributed by atoms with Crippen LogP contribution in [-0.2, 0) is 0 Å². The highest BCUT2D eigenvalue weighted by Gasteiger charge is 2.01. The number of pyridine rings is 1. The van der Waals surface area contributed by atoms with E-state index in [0.29, 0.717) is 6.54 Å². The van der Waals surface area contributed by atoms with Crippen molar-refractivity contribution in [2.45, 2.75) is 0 Å². The van der Waals surface area contributed by atoms with Gasteiger partial charge in [-0.05, 0) is 22.0 Å². The van der Waals surface area contributed by atoms with Crippen LogP contribution >= 0.6 is 15.9 Å². The fourth-order valence-corrected chi connectivity index (χ4v) is 1.66. The molecule has 0 atom stereocenters. The van der Waals surface area contributed by atoms with Crippen molar-refractivity contribution in [2.24, 2.45) is 5.73 Å². The van der Waals surface area contributed by atoms with E-state index in [-0.39, 0.29) is 0 Å². The van der Waals surface area contributed by atoms with Crippen LogP contribution in [0.25, 0.3) is 17.1 Å². The second-order valence-electron chi connectivity index (χ2n) is 2.93. The third-order valence-corrected chi connectivity index (χ3v) is 2.40. The van der Waals surface area contributed by atoms with Crippen LogP contribution < -0.4 is 5.73 Å². The van der Waals surface area contributed by atoms with Crippen molar-refractivity contribution in [3.63, 3.8) is 0 Å². The number of nitrogens with zero attached hydrogens (tertiary/aromatic N) is 1. The molecule has 0 radical (unpaired) electrons. The van der Waals surface area contributed by atoms with Gasteiger partial charge < -0.3 is 10.7 Å². The van der Waals surface area contributed by atoms with Gasteiger partial charge in [0.1, 0.15) is 5.65 Å². The Morgan fingerprint density at radius 1 is 1.57 bits per heavy atom. The highest BCUT2D eigenvalue weighted by atomic mass is 79.9. The predicted octanol–water partition coefficient (Wildman–Crippen LogP) is 2.30. The number of nitrogens with two attached hydrogens (primary N) is 1. The lowest BCUT2D eigenvalue weighted by Crippen LogP contribution is -1.91. The molecule has 2 aromatic heterocycles. The Morgan fingerprint density at radius 3 is 3.21 bits per heavy atom. The van der Waals surface area contributed by atoms with Crippen LogP contribution in [0.2, 0.25) is 0 Å². The molecule has 0 aromatic carbocycles. The van der Waals surface area contributed by atoms with E-state index in [1.54, 1.807) is 6.20 Å². The van der Waals surface area contributed by atoms with E-state index in [0.717, 1.165) is 21.1 Å². The van der Waals surface area contributed by atoms with E-state index >= 15 is 0 Å². The lowest BCUT2D eigenvalue weighted by Gasteiger charge is -1.92. The SMILES string of the molecule is NCC=Cc1c[nH]c2ncc(Br)cc12. The quantitative estimate of drug-likeness (QED) is 0.861. The third kappa shape index (κ3) is 1.71. The number of rotatable bonds is 2. The topological polar surface area (TPSA) is 54.7 Å². The molecule has 2 rings (SSSR count). The number of H-pyrrole nitrogens is 1. The van der Waals surface area contributed by atoms with Gasteiger partial charge in [-0.1, -0.05) is 12.2 Å². The van der Waals surface area contributed by atoms with Crippen molar-refractivity contribution >= 4 is 33.0 Å². The van der Waals surface area contributed by atoms with Gasteiger partial charge in [0.25, 0.3) is 0 Å². The first kappa shape index (κ1) is 9.43. The van der Waals surface area contributed by atoms with Crippen LogP contribution in [0.4, 0.5) is 0 Å². The van der Waals surface area contributed by atoms with Gasteiger partial charge in [0, 0.05) is 34.4 Å². The minimum absolute atomic E-state index is 0.550. The van der Waals surface area contributed by atoms with E-state index in [2.05, 4.69) is 25.9 Å². The van der Waals surface area contributed by atoms with E-state index < -0.39 is 0 Å². The number of aromatic nitrogens is 2. The first-order valence-corrected chi connectivity index (χ1v) is 5.10. The van der Waals surface area contributed by atoms with Crippen molar-refractivity contribution in [1.82, 2.24) is 9.97 Å². The second-order valence-corrected chi connectivity index (χ2v) is 3.85. The summed E-state index contributed by atoms with van der Waals surface area (Å²) in [5, 5.41) is 1.10. The van der Waals surface area contributed by atoms with E-state index in [1.165, 1.54) is 0 Å². The summed E-state index contributed by atoms with van der Waals surface area (Å²) in [4.78, 5) is 7.34. The number of halogens is 1. The number of hydrogen-bond donors (Lipinski definition) is 2. The molecule has 0 saturated carbocycles. The molecule has 0 amide bonds. The zero-order chi connectivity index (χ0) is 9.97. The zero-order valence-corrected chi connectivity index (χ0v) is 9.08. The summed E-state index contributed by atoms with van der Waals surface area (Å²) in [5.74, 6) is 0. The summed E-state index contributed by atoms with van der Waals surface area (Å²) in [6.07, 6.45) is 7.61. The van der Waals surface area contributed by atoms with Gasteiger partial charge in [0.15, 0.2) is 0 Å². The summed E-state index contributed by atoms with van der Waals surface area (Å²) in [5.41, 5.74) is 7.40. The molecular formula is C10H10BrN3. The molecule has 2 aromatic rings. The molecule has 2 heterocycles. The maximum Gasteiger partial charge on any atom is 0.137 e. The average molecular weight is 252 g/mol. The molecular weight excluding hydrogens is 242 g/mol. The molecule has 0 spiro atoms. The van der Waals surface area contributed by atoms with Crippen molar-refractivity contribution in [2.75, 3.05) is 6.54 Å². The summed E-state index contributed by atoms with van der Waals surface area (Å²) in [7, 11) is 0. The normalized spacial score (nSPS) is 11.6. The molecule has 0 bridgehead atoms. The van der Waals surface area contributed by atoms with Gasteiger partial charge >= 0.3 is 0 Å². The minimum Gasteiger partial charge on any atom is -0.346 e. The molecule has 4 heteroatoms. The maximum atomic E-state index is 5.40. The third-order valence-electron chi connectivity index (χ3n) is 1.96. The van der Waals surface area contributed by atoms with Crippen molar-refractivity contribution in [3.8, 4) is 0 Å². The Bertz CT molecular complexity index is 473. The van der Waals surface area contributed by atoms with Crippen molar-refractivity contribution in [3.05, 3.63) is 34.6 Å². The number of fused-ring (bicyclic) bond motifs is 1. The Morgan fingerprint density at radius 2 is 2.43 bits per heavy atom. The highest BCUT2D eigenvalue weighted by molar-refractivity contribution is 9.10. The van der Waals surface area contributed by atoms with Gasteiger partial charge in [-0.2, -0.15) is 0 Å². The van der Waals surface area contributed by atoms with Crippen LogP contribution in [0.1, 0.15) is 5.56 Å². The Kier molecular flexibility index (Phi) is 2.65. The monoisotopic (exact) mass is 251 g/mol. The van der Waals surface area contributed by atoms with Crippen LogP contribution in [0.3, 0.4) is 0 Å². The Balaban J connectivity index is 2.55. The predicted molar refractivity (Wildman–Crippen MR) is 61.9 cm³/mol. The van der Waals surface area contributed by atoms with Gasteiger partial charge in [0.05, 0.1) is 0 Å². The zero-order valence-electron chi connectivity index (χ0n) is 7.50. The van der Waals surface area contributed by atoms with Crippen LogP contribution in [0, 0.1) is 0 Å². The van der Waals surface area contributed by atoms with Crippen LogP contribution in [0.15, 0.2) is 29.0 Å². The van der Waals surface area contributed by atoms with Crippen LogP contribution in [-0.4, -0.2) is 16.5 Å². The average Bonchev–Trinajstić information content (AvgIpc) is 2.57. The second kappa shape index (κ2) is 3.94. The summed E-state index contributed by atoms with van der Waals surface area (Å²) in [6.45, 7) is 0.550. The smallest absolute Gasteiger partial charge is 0.137 e. The van der Waals surface area contributed by atoms with E-state index in [1.807, 2.05) is 24.4 Å². The van der Waals surface area contributed by atoms with Gasteiger partial charge in [-0.15, -0.1) is 0 Å². The lowest BCUT2D eigenvalue weighted by atomic mass is 10.2. The first-order chi connectivity index (χ1) is 6.81. The summed E-state index contributed by atoms with van der Waals surface area (Å²) >= 11 is 3.39. The van der Waals surface area contributed by atoms with Gasteiger partial charge in [0.2, 0.25) is 0 Å². The van der Waals surface area contributed by atoms with Crippen LogP contribution in [0.5, 0.6) is 0 Å². The number of aromatic amines is 1. The largest absolute Gasteiger partial charge is 0.346 e.